The van der Waals surface area contributed by atoms with Crippen LogP contribution < -0.4 is 11.1 Å². The third-order valence-corrected chi connectivity index (χ3v) is 4.22. The Labute approximate surface area is 128 Å². The van der Waals surface area contributed by atoms with Crippen LogP contribution in [0.25, 0.3) is 0 Å². The molecule has 2 aromatic rings. The molecule has 0 saturated heterocycles. The summed E-state index contributed by atoms with van der Waals surface area (Å²) in [5, 5.41) is 2.86. The minimum Gasteiger partial charge on any atom is -0.399 e. The molecule has 0 aliphatic carbocycles. The number of benzene rings is 2. The van der Waals surface area contributed by atoms with E-state index in [1.165, 1.54) is 24.3 Å². The SMILES string of the molecule is Nc1ccc(Cl)c(NC(=O)CS(=O)c2cccc(F)c2)c1. The highest BCUT2D eigenvalue weighted by atomic mass is 35.5. The van der Waals surface area contributed by atoms with Gasteiger partial charge in [-0.3, -0.25) is 9.00 Å². The lowest BCUT2D eigenvalue weighted by Gasteiger charge is -2.08. The van der Waals surface area contributed by atoms with Gasteiger partial charge in [0.2, 0.25) is 5.91 Å². The van der Waals surface area contributed by atoms with Crippen LogP contribution in [0, 0.1) is 5.82 Å². The standard InChI is InChI=1S/C14H12ClFN2O2S/c15-12-5-4-10(17)7-13(12)18-14(19)8-21(20)11-3-1-2-9(16)6-11/h1-7H,8,17H2,(H,18,19). The van der Waals surface area contributed by atoms with Gasteiger partial charge in [0, 0.05) is 10.6 Å². The minimum absolute atomic E-state index is 0.254. The van der Waals surface area contributed by atoms with Gasteiger partial charge in [0.25, 0.3) is 0 Å². The zero-order valence-electron chi connectivity index (χ0n) is 10.8. The number of carbonyl (C=O) groups excluding carboxylic acids is 1. The molecule has 0 heterocycles. The van der Waals surface area contributed by atoms with Gasteiger partial charge in [-0.15, -0.1) is 0 Å². The molecular formula is C14H12ClFN2O2S. The summed E-state index contributed by atoms with van der Waals surface area (Å²) in [7, 11) is -1.64. The second kappa shape index (κ2) is 6.69. The van der Waals surface area contributed by atoms with Crippen molar-refractivity contribution in [3.8, 4) is 0 Å². The Morgan fingerprint density at radius 1 is 1.29 bits per heavy atom. The Morgan fingerprint density at radius 3 is 2.76 bits per heavy atom. The van der Waals surface area contributed by atoms with Gasteiger partial charge in [-0.25, -0.2) is 4.39 Å². The normalized spacial score (nSPS) is 11.9. The van der Waals surface area contributed by atoms with E-state index in [1.54, 1.807) is 12.1 Å². The molecule has 7 heteroatoms. The molecule has 0 saturated carbocycles. The van der Waals surface area contributed by atoms with E-state index in [0.717, 1.165) is 6.07 Å². The van der Waals surface area contributed by atoms with Gasteiger partial charge < -0.3 is 11.1 Å². The molecule has 21 heavy (non-hydrogen) atoms. The van der Waals surface area contributed by atoms with Crippen LogP contribution in [-0.2, 0) is 15.6 Å². The van der Waals surface area contributed by atoms with E-state index >= 15 is 0 Å². The van der Waals surface area contributed by atoms with Crippen LogP contribution in [0.5, 0.6) is 0 Å². The van der Waals surface area contributed by atoms with Crippen molar-refractivity contribution in [3.05, 3.63) is 53.3 Å². The second-order valence-corrected chi connectivity index (χ2v) is 6.09. The fraction of sp³-hybridized carbons (Fsp3) is 0.0714. The van der Waals surface area contributed by atoms with Crippen molar-refractivity contribution in [3.63, 3.8) is 0 Å². The zero-order chi connectivity index (χ0) is 15.4. The Balaban J connectivity index is 2.05. The molecular weight excluding hydrogens is 315 g/mol. The number of nitrogen functional groups attached to an aromatic ring is 1. The van der Waals surface area contributed by atoms with Crippen LogP contribution in [0.3, 0.4) is 0 Å². The average molecular weight is 327 g/mol. The number of carbonyl (C=O) groups is 1. The molecule has 1 atom stereocenters. The van der Waals surface area contributed by atoms with E-state index in [9.17, 15) is 13.4 Å². The minimum atomic E-state index is -1.64. The van der Waals surface area contributed by atoms with E-state index in [4.69, 9.17) is 17.3 Å². The first-order chi connectivity index (χ1) is 9.95. The number of rotatable bonds is 4. The molecule has 0 aliphatic heterocycles. The van der Waals surface area contributed by atoms with E-state index < -0.39 is 22.5 Å². The van der Waals surface area contributed by atoms with E-state index in [0.29, 0.717) is 16.4 Å². The number of nitrogens with two attached hydrogens (primary N) is 1. The van der Waals surface area contributed by atoms with Crippen LogP contribution in [0.1, 0.15) is 0 Å². The molecule has 4 nitrogen and oxygen atoms in total. The summed E-state index contributed by atoms with van der Waals surface area (Å²) in [5.74, 6) is -1.29. The summed E-state index contributed by atoms with van der Waals surface area (Å²) in [6.45, 7) is 0. The molecule has 0 aliphatic rings. The Hall–Kier alpha value is -1.92. The highest BCUT2D eigenvalue weighted by Crippen LogP contribution is 2.24. The maximum Gasteiger partial charge on any atom is 0.237 e. The largest absolute Gasteiger partial charge is 0.399 e. The molecule has 1 unspecified atom stereocenters. The first kappa shape index (κ1) is 15.5. The second-order valence-electron chi connectivity index (χ2n) is 4.23. The van der Waals surface area contributed by atoms with Crippen LogP contribution in [0.2, 0.25) is 5.02 Å². The quantitative estimate of drug-likeness (QED) is 0.849. The van der Waals surface area contributed by atoms with Crippen molar-refractivity contribution in [1.29, 1.82) is 0 Å². The van der Waals surface area contributed by atoms with Crippen molar-refractivity contribution in [1.82, 2.24) is 0 Å². The summed E-state index contributed by atoms with van der Waals surface area (Å²) in [4.78, 5) is 12.1. The zero-order valence-corrected chi connectivity index (χ0v) is 12.4. The molecule has 0 aromatic heterocycles. The molecule has 0 spiro atoms. The molecule has 110 valence electrons. The van der Waals surface area contributed by atoms with E-state index in [2.05, 4.69) is 5.32 Å². The topological polar surface area (TPSA) is 72.2 Å². The maximum atomic E-state index is 13.0. The van der Waals surface area contributed by atoms with Gasteiger partial charge in [-0.2, -0.15) is 0 Å². The highest BCUT2D eigenvalue weighted by molar-refractivity contribution is 7.85. The Bertz CT molecular complexity index is 709. The van der Waals surface area contributed by atoms with Gasteiger partial charge in [-0.05, 0) is 36.4 Å². The van der Waals surface area contributed by atoms with Crippen LogP contribution in [-0.4, -0.2) is 15.9 Å². The number of hydrogen-bond acceptors (Lipinski definition) is 3. The highest BCUT2D eigenvalue weighted by Gasteiger charge is 2.12. The summed E-state index contributed by atoms with van der Waals surface area (Å²) in [6, 6.07) is 9.98. The smallest absolute Gasteiger partial charge is 0.237 e. The Kier molecular flexibility index (Phi) is 4.93. The van der Waals surface area contributed by atoms with Crippen molar-refractivity contribution in [2.24, 2.45) is 0 Å². The molecule has 0 radical (unpaired) electrons. The number of hydrogen-bond donors (Lipinski definition) is 2. The summed E-state index contributed by atoms with van der Waals surface area (Å²) >= 11 is 5.92. The van der Waals surface area contributed by atoms with Crippen molar-refractivity contribution in [2.45, 2.75) is 4.90 Å². The van der Waals surface area contributed by atoms with Crippen LogP contribution >= 0.6 is 11.6 Å². The fourth-order valence-electron chi connectivity index (χ4n) is 1.64. The van der Waals surface area contributed by atoms with Crippen molar-refractivity contribution in [2.75, 3.05) is 16.8 Å². The van der Waals surface area contributed by atoms with Crippen LogP contribution in [0.15, 0.2) is 47.4 Å². The van der Waals surface area contributed by atoms with Crippen LogP contribution in [0.4, 0.5) is 15.8 Å². The molecule has 2 rings (SSSR count). The van der Waals surface area contributed by atoms with Gasteiger partial charge >= 0.3 is 0 Å². The molecule has 1 amide bonds. The van der Waals surface area contributed by atoms with E-state index in [-0.39, 0.29) is 10.6 Å². The monoisotopic (exact) mass is 326 g/mol. The number of amides is 1. The van der Waals surface area contributed by atoms with Gasteiger partial charge in [0.05, 0.1) is 21.5 Å². The van der Waals surface area contributed by atoms with Crippen molar-refractivity contribution >= 4 is 39.7 Å². The van der Waals surface area contributed by atoms with E-state index in [1.807, 2.05) is 0 Å². The van der Waals surface area contributed by atoms with Gasteiger partial charge in [0.15, 0.2) is 0 Å². The molecule has 0 fully saturated rings. The number of nitrogens with one attached hydrogen (secondary N) is 1. The summed E-state index contributed by atoms with van der Waals surface area (Å²) in [5.41, 5.74) is 6.39. The average Bonchev–Trinajstić information content (AvgIpc) is 2.42. The fourth-order valence-corrected chi connectivity index (χ4v) is 2.75. The number of halogens is 2. The lowest BCUT2D eigenvalue weighted by molar-refractivity contribution is -0.113. The van der Waals surface area contributed by atoms with Gasteiger partial charge in [0.1, 0.15) is 11.6 Å². The first-order valence-corrected chi connectivity index (χ1v) is 7.64. The predicted molar refractivity (Wildman–Crippen MR) is 82.2 cm³/mol. The molecule has 2 aromatic carbocycles. The lowest BCUT2D eigenvalue weighted by Crippen LogP contribution is -2.19. The lowest BCUT2D eigenvalue weighted by atomic mass is 10.3. The third kappa shape index (κ3) is 4.27. The predicted octanol–water partition coefficient (Wildman–Crippen LogP) is 2.81. The maximum absolute atomic E-state index is 13.0. The Morgan fingerprint density at radius 2 is 2.05 bits per heavy atom. The first-order valence-electron chi connectivity index (χ1n) is 5.94. The third-order valence-electron chi connectivity index (χ3n) is 2.59. The molecule has 3 N–H and O–H groups in total. The summed E-state index contributed by atoms with van der Waals surface area (Å²) < 4.78 is 25.0. The molecule has 0 bridgehead atoms. The van der Waals surface area contributed by atoms with Gasteiger partial charge in [-0.1, -0.05) is 17.7 Å². The summed E-state index contributed by atoms with van der Waals surface area (Å²) in [6.07, 6.45) is 0. The number of anilines is 2. The van der Waals surface area contributed by atoms with Crippen molar-refractivity contribution < 1.29 is 13.4 Å².